The second kappa shape index (κ2) is 7.72. The smallest absolute Gasteiger partial charge is 0.278 e. The highest BCUT2D eigenvalue weighted by atomic mass is 35.5. The maximum atomic E-state index is 12.9. The van der Waals surface area contributed by atoms with Gasteiger partial charge in [-0.1, -0.05) is 23.7 Å². The van der Waals surface area contributed by atoms with Crippen LogP contribution in [0.25, 0.3) is 0 Å². The quantitative estimate of drug-likeness (QED) is 0.721. The molecule has 1 amide bonds. The normalized spacial score (nSPS) is 10.3. The van der Waals surface area contributed by atoms with Crippen molar-refractivity contribution in [3.8, 4) is 0 Å². The molecule has 0 saturated heterocycles. The Labute approximate surface area is 148 Å². The Kier molecular flexibility index (Phi) is 5.20. The zero-order chi connectivity index (χ0) is 17.6. The van der Waals surface area contributed by atoms with Crippen molar-refractivity contribution in [2.75, 3.05) is 10.6 Å². The summed E-state index contributed by atoms with van der Waals surface area (Å²) in [6.45, 7) is 0.389. The van der Waals surface area contributed by atoms with Crippen LogP contribution in [-0.4, -0.2) is 15.9 Å². The molecule has 0 fully saturated rings. The number of benzene rings is 2. The fourth-order valence-corrected chi connectivity index (χ4v) is 2.27. The number of anilines is 2. The Bertz CT molecular complexity index is 869. The first kappa shape index (κ1) is 16.9. The van der Waals surface area contributed by atoms with E-state index in [1.54, 1.807) is 36.4 Å². The summed E-state index contributed by atoms with van der Waals surface area (Å²) in [5.74, 6) is -0.346. The number of nitrogens with zero attached hydrogens (tertiary/aromatic N) is 2. The number of carbonyl (C=O) groups excluding carboxylic acids is 1. The molecule has 3 aromatic rings. The van der Waals surface area contributed by atoms with E-state index in [1.165, 1.54) is 24.5 Å². The van der Waals surface area contributed by atoms with Gasteiger partial charge in [-0.05, 0) is 42.0 Å². The highest BCUT2D eigenvalue weighted by Crippen LogP contribution is 2.16. The van der Waals surface area contributed by atoms with Gasteiger partial charge in [-0.2, -0.15) is 0 Å². The largest absolute Gasteiger partial charge is 0.364 e. The molecule has 0 bridgehead atoms. The lowest BCUT2D eigenvalue weighted by Crippen LogP contribution is -2.17. The number of rotatable bonds is 5. The second-order valence-corrected chi connectivity index (χ2v) is 5.63. The summed E-state index contributed by atoms with van der Waals surface area (Å²) >= 11 is 5.83. The van der Waals surface area contributed by atoms with E-state index in [4.69, 9.17) is 11.6 Å². The summed E-state index contributed by atoms with van der Waals surface area (Å²) in [6.07, 6.45) is 2.94. The summed E-state index contributed by atoms with van der Waals surface area (Å²) in [6, 6.07) is 12.8. The molecule has 0 spiro atoms. The van der Waals surface area contributed by atoms with Crippen LogP contribution in [0, 0.1) is 5.82 Å². The molecule has 5 nitrogen and oxygen atoms in total. The molecule has 1 aromatic heterocycles. The number of nitrogens with one attached hydrogen (secondary N) is 2. The summed E-state index contributed by atoms with van der Waals surface area (Å²) in [5.41, 5.74) is 1.63. The first-order chi connectivity index (χ1) is 12.1. The molecular formula is C18H14ClFN4O. The molecule has 1 heterocycles. The summed E-state index contributed by atoms with van der Waals surface area (Å²) in [5, 5.41) is 6.37. The Morgan fingerprint density at radius 2 is 1.68 bits per heavy atom. The summed E-state index contributed by atoms with van der Waals surface area (Å²) < 4.78 is 12.9. The lowest BCUT2D eigenvalue weighted by Gasteiger charge is -2.10. The van der Waals surface area contributed by atoms with Gasteiger partial charge >= 0.3 is 0 Å². The molecule has 2 aromatic carbocycles. The summed E-state index contributed by atoms with van der Waals surface area (Å²) in [7, 11) is 0. The Hall–Kier alpha value is -2.99. The fourth-order valence-electron chi connectivity index (χ4n) is 2.15. The molecule has 0 atom stereocenters. The predicted octanol–water partition coefficient (Wildman–Crippen LogP) is 4.13. The lowest BCUT2D eigenvalue weighted by molar-refractivity contribution is 0.102. The van der Waals surface area contributed by atoms with Crippen molar-refractivity contribution < 1.29 is 9.18 Å². The third-order valence-electron chi connectivity index (χ3n) is 3.39. The van der Waals surface area contributed by atoms with Crippen LogP contribution in [-0.2, 0) is 6.54 Å². The van der Waals surface area contributed by atoms with Crippen LogP contribution in [0.3, 0.4) is 0 Å². The highest BCUT2D eigenvalue weighted by Gasteiger charge is 2.14. The number of halogens is 2. The molecule has 2 N–H and O–H groups in total. The zero-order valence-electron chi connectivity index (χ0n) is 13.0. The minimum Gasteiger partial charge on any atom is -0.364 e. The van der Waals surface area contributed by atoms with E-state index in [1.807, 2.05) is 0 Å². The molecule has 0 radical (unpaired) electrons. The maximum absolute atomic E-state index is 12.9. The van der Waals surface area contributed by atoms with Crippen molar-refractivity contribution in [3.05, 3.63) is 83.0 Å². The number of carbonyl (C=O) groups is 1. The zero-order valence-corrected chi connectivity index (χ0v) is 13.8. The van der Waals surface area contributed by atoms with Crippen molar-refractivity contribution >= 4 is 29.0 Å². The summed E-state index contributed by atoms with van der Waals surface area (Å²) in [4.78, 5) is 20.7. The average molecular weight is 357 g/mol. The third kappa shape index (κ3) is 4.51. The van der Waals surface area contributed by atoms with Gasteiger partial charge in [0.1, 0.15) is 5.82 Å². The maximum Gasteiger partial charge on any atom is 0.278 e. The Morgan fingerprint density at radius 3 is 2.40 bits per heavy atom. The van der Waals surface area contributed by atoms with Gasteiger partial charge < -0.3 is 10.6 Å². The van der Waals surface area contributed by atoms with Crippen LogP contribution < -0.4 is 10.6 Å². The van der Waals surface area contributed by atoms with Gasteiger partial charge in [0.05, 0.1) is 0 Å². The van der Waals surface area contributed by atoms with E-state index in [2.05, 4.69) is 20.6 Å². The van der Waals surface area contributed by atoms with Crippen molar-refractivity contribution in [2.45, 2.75) is 6.54 Å². The molecular weight excluding hydrogens is 343 g/mol. The lowest BCUT2D eigenvalue weighted by atomic mass is 10.2. The SMILES string of the molecule is O=C(Nc1ccc(Cl)cc1)c1nccnc1NCc1ccc(F)cc1. The minimum atomic E-state index is -0.392. The number of amides is 1. The van der Waals surface area contributed by atoms with Crippen molar-refractivity contribution in [2.24, 2.45) is 0 Å². The molecule has 0 aliphatic heterocycles. The van der Waals surface area contributed by atoms with E-state index in [0.29, 0.717) is 23.1 Å². The fraction of sp³-hybridized carbons (Fsp3) is 0.0556. The van der Waals surface area contributed by atoms with Gasteiger partial charge in [0.25, 0.3) is 5.91 Å². The van der Waals surface area contributed by atoms with E-state index in [9.17, 15) is 9.18 Å². The average Bonchev–Trinajstić information content (AvgIpc) is 2.63. The van der Waals surface area contributed by atoms with Gasteiger partial charge in [-0.25, -0.2) is 14.4 Å². The molecule has 0 unspecified atom stereocenters. The second-order valence-electron chi connectivity index (χ2n) is 5.19. The molecule has 0 saturated carbocycles. The van der Waals surface area contributed by atoms with Gasteiger partial charge in [0, 0.05) is 29.6 Å². The molecule has 7 heteroatoms. The van der Waals surface area contributed by atoms with Crippen molar-refractivity contribution in [1.82, 2.24) is 9.97 Å². The van der Waals surface area contributed by atoms with Gasteiger partial charge in [-0.15, -0.1) is 0 Å². The van der Waals surface area contributed by atoms with Gasteiger partial charge in [-0.3, -0.25) is 4.79 Å². The molecule has 126 valence electrons. The van der Waals surface area contributed by atoms with Crippen LogP contribution in [0.2, 0.25) is 5.02 Å². The number of hydrogen-bond donors (Lipinski definition) is 2. The van der Waals surface area contributed by atoms with E-state index in [-0.39, 0.29) is 11.5 Å². The third-order valence-corrected chi connectivity index (χ3v) is 3.64. The molecule has 0 aliphatic carbocycles. The van der Waals surface area contributed by atoms with Crippen LogP contribution in [0.5, 0.6) is 0 Å². The molecule has 0 aliphatic rings. The van der Waals surface area contributed by atoms with Crippen LogP contribution in [0.1, 0.15) is 16.1 Å². The number of hydrogen-bond acceptors (Lipinski definition) is 4. The first-order valence-corrected chi connectivity index (χ1v) is 7.86. The van der Waals surface area contributed by atoms with Crippen LogP contribution in [0.4, 0.5) is 15.9 Å². The Morgan fingerprint density at radius 1 is 1.00 bits per heavy atom. The monoisotopic (exact) mass is 356 g/mol. The van der Waals surface area contributed by atoms with Gasteiger partial charge in [0.15, 0.2) is 11.5 Å². The van der Waals surface area contributed by atoms with Gasteiger partial charge in [0.2, 0.25) is 0 Å². The van der Waals surface area contributed by atoms with E-state index in [0.717, 1.165) is 5.56 Å². The van der Waals surface area contributed by atoms with Crippen molar-refractivity contribution in [1.29, 1.82) is 0 Å². The van der Waals surface area contributed by atoms with Crippen LogP contribution in [0.15, 0.2) is 60.9 Å². The van der Waals surface area contributed by atoms with Crippen LogP contribution >= 0.6 is 11.6 Å². The topological polar surface area (TPSA) is 66.9 Å². The predicted molar refractivity (Wildman–Crippen MR) is 95.2 cm³/mol. The molecule has 25 heavy (non-hydrogen) atoms. The Balaban J connectivity index is 1.72. The highest BCUT2D eigenvalue weighted by molar-refractivity contribution is 6.30. The minimum absolute atomic E-state index is 0.166. The van der Waals surface area contributed by atoms with Crippen molar-refractivity contribution in [3.63, 3.8) is 0 Å². The molecule has 3 rings (SSSR count). The standard InChI is InChI=1S/C18H14ClFN4O/c19-13-3-7-15(8-4-13)24-18(25)16-17(22-10-9-21-16)23-11-12-1-5-14(20)6-2-12/h1-10H,11H2,(H,22,23)(H,24,25). The first-order valence-electron chi connectivity index (χ1n) is 7.48. The number of aromatic nitrogens is 2. The van der Waals surface area contributed by atoms with E-state index >= 15 is 0 Å². The van der Waals surface area contributed by atoms with E-state index < -0.39 is 5.91 Å².